The highest BCUT2D eigenvalue weighted by Gasteiger charge is 2.16. The van der Waals surface area contributed by atoms with E-state index in [0.717, 1.165) is 6.42 Å². The monoisotopic (exact) mass is 314 g/mol. The number of hydrogen-bond donors (Lipinski definition) is 2. The van der Waals surface area contributed by atoms with E-state index < -0.39 is 10.0 Å². The number of carbonyl (C=O) groups excluding carboxylic acids is 1. The molecule has 1 aromatic carbocycles. The molecule has 0 bridgehead atoms. The average molecular weight is 314 g/mol. The van der Waals surface area contributed by atoms with E-state index in [1.165, 1.54) is 12.1 Å². The van der Waals surface area contributed by atoms with E-state index in [2.05, 4.69) is 5.32 Å². The molecule has 0 spiro atoms. The SMILES string of the molecule is CCOc1ccc(NC(=O)CCC(C)C)cc1S(N)(=O)=O. The molecule has 118 valence electrons. The molecular weight excluding hydrogens is 292 g/mol. The summed E-state index contributed by atoms with van der Waals surface area (Å²) >= 11 is 0. The number of anilines is 1. The van der Waals surface area contributed by atoms with Gasteiger partial charge >= 0.3 is 0 Å². The fourth-order valence-electron chi connectivity index (χ4n) is 1.73. The van der Waals surface area contributed by atoms with Crippen LogP contribution < -0.4 is 15.2 Å². The number of amides is 1. The summed E-state index contributed by atoms with van der Waals surface area (Å²) in [5.41, 5.74) is 0.385. The average Bonchev–Trinajstić information content (AvgIpc) is 2.37. The number of nitrogens with two attached hydrogens (primary N) is 1. The molecule has 0 fully saturated rings. The largest absolute Gasteiger partial charge is 0.492 e. The minimum atomic E-state index is -3.92. The third-order valence-corrected chi connectivity index (χ3v) is 3.71. The second-order valence-corrected chi connectivity index (χ2v) is 6.65. The van der Waals surface area contributed by atoms with Gasteiger partial charge in [-0.15, -0.1) is 0 Å². The van der Waals surface area contributed by atoms with Gasteiger partial charge in [0.05, 0.1) is 6.61 Å². The molecule has 0 aliphatic heterocycles. The number of rotatable bonds is 7. The Morgan fingerprint density at radius 3 is 2.57 bits per heavy atom. The highest BCUT2D eigenvalue weighted by molar-refractivity contribution is 7.89. The number of nitrogens with one attached hydrogen (secondary N) is 1. The molecule has 0 aliphatic rings. The van der Waals surface area contributed by atoms with Crippen LogP contribution in [-0.4, -0.2) is 20.9 Å². The quantitative estimate of drug-likeness (QED) is 0.805. The first-order valence-corrected chi connectivity index (χ1v) is 8.38. The Balaban J connectivity index is 2.93. The predicted octanol–water partition coefficient (Wildman–Crippen LogP) is 2.11. The number of sulfonamides is 1. The first-order valence-electron chi connectivity index (χ1n) is 6.83. The van der Waals surface area contributed by atoms with Crippen LogP contribution in [0.15, 0.2) is 23.1 Å². The van der Waals surface area contributed by atoms with Crippen LogP contribution in [0.2, 0.25) is 0 Å². The maximum atomic E-state index is 11.8. The van der Waals surface area contributed by atoms with Crippen LogP contribution in [0, 0.1) is 5.92 Å². The Morgan fingerprint density at radius 2 is 2.05 bits per heavy atom. The zero-order chi connectivity index (χ0) is 16.0. The van der Waals surface area contributed by atoms with Crippen LogP contribution in [0.5, 0.6) is 5.75 Å². The van der Waals surface area contributed by atoms with Gasteiger partial charge in [0, 0.05) is 12.1 Å². The van der Waals surface area contributed by atoms with E-state index >= 15 is 0 Å². The highest BCUT2D eigenvalue weighted by Crippen LogP contribution is 2.26. The lowest BCUT2D eigenvalue weighted by Crippen LogP contribution is -2.16. The molecule has 1 amide bonds. The second kappa shape index (κ2) is 7.42. The third-order valence-electron chi connectivity index (χ3n) is 2.78. The summed E-state index contributed by atoms with van der Waals surface area (Å²) in [7, 11) is -3.92. The Labute approximate surface area is 125 Å². The highest BCUT2D eigenvalue weighted by atomic mass is 32.2. The maximum Gasteiger partial charge on any atom is 0.241 e. The van der Waals surface area contributed by atoms with Gasteiger partial charge in [-0.2, -0.15) is 0 Å². The van der Waals surface area contributed by atoms with E-state index in [-0.39, 0.29) is 16.6 Å². The smallest absolute Gasteiger partial charge is 0.241 e. The van der Waals surface area contributed by atoms with E-state index in [1.807, 2.05) is 13.8 Å². The summed E-state index contributed by atoms with van der Waals surface area (Å²) in [6.07, 6.45) is 1.15. The molecule has 0 saturated carbocycles. The zero-order valence-electron chi connectivity index (χ0n) is 12.5. The fraction of sp³-hybridized carbons (Fsp3) is 0.500. The summed E-state index contributed by atoms with van der Waals surface area (Å²) < 4.78 is 28.4. The number of benzene rings is 1. The molecule has 6 nitrogen and oxygen atoms in total. The van der Waals surface area contributed by atoms with Gasteiger partial charge in [0.15, 0.2) is 0 Å². The number of primary sulfonamides is 1. The van der Waals surface area contributed by atoms with E-state index in [9.17, 15) is 13.2 Å². The number of hydrogen-bond acceptors (Lipinski definition) is 4. The summed E-state index contributed by atoms with van der Waals surface area (Å²) in [6, 6.07) is 4.39. The van der Waals surface area contributed by atoms with Crippen molar-refractivity contribution in [2.45, 2.75) is 38.5 Å². The molecule has 0 radical (unpaired) electrons. The van der Waals surface area contributed by atoms with Crippen molar-refractivity contribution in [1.29, 1.82) is 0 Å². The fourth-order valence-corrected chi connectivity index (χ4v) is 2.42. The molecular formula is C14H22N2O4S. The van der Waals surface area contributed by atoms with Crippen molar-refractivity contribution >= 4 is 21.6 Å². The first-order chi connectivity index (χ1) is 9.74. The molecule has 0 aromatic heterocycles. The third kappa shape index (κ3) is 5.73. The minimum Gasteiger partial charge on any atom is -0.492 e. The first kappa shape index (κ1) is 17.5. The summed E-state index contributed by atoms with van der Waals surface area (Å²) in [4.78, 5) is 11.6. The van der Waals surface area contributed by atoms with Crippen molar-refractivity contribution in [2.75, 3.05) is 11.9 Å². The summed E-state index contributed by atoms with van der Waals surface area (Å²) in [5, 5.41) is 7.83. The van der Waals surface area contributed by atoms with Crippen LogP contribution >= 0.6 is 0 Å². The number of carbonyl (C=O) groups is 1. The Bertz CT molecular complexity index is 597. The van der Waals surface area contributed by atoms with Crippen LogP contribution in [-0.2, 0) is 14.8 Å². The van der Waals surface area contributed by atoms with Crippen molar-refractivity contribution in [3.63, 3.8) is 0 Å². The van der Waals surface area contributed by atoms with Crippen LogP contribution in [0.1, 0.15) is 33.6 Å². The van der Waals surface area contributed by atoms with Crippen LogP contribution in [0.25, 0.3) is 0 Å². The Morgan fingerprint density at radius 1 is 1.38 bits per heavy atom. The Kier molecular flexibility index (Phi) is 6.17. The van der Waals surface area contributed by atoms with Crippen molar-refractivity contribution in [3.8, 4) is 5.75 Å². The molecule has 0 heterocycles. The number of ether oxygens (including phenoxy) is 1. The zero-order valence-corrected chi connectivity index (χ0v) is 13.4. The molecule has 21 heavy (non-hydrogen) atoms. The standard InChI is InChI=1S/C14H22N2O4S/c1-4-20-12-7-6-11(9-13(12)21(15,18)19)16-14(17)8-5-10(2)3/h6-7,9-10H,4-5,8H2,1-3H3,(H,16,17)(H2,15,18,19). The molecule has 3 N–H and O–H groups in total. The van der Waals surface area contributed by atoms with Crippen LogP contribution in [0.4, 0.5) is 5.69 Å². The lowest BCUT2D eigenvalue weighted by Gasteiger charge is -2.12. The molecule has 0 unspecified atom stereocenters. The van der Waals surface area contributed by atoms with Gasteiger partial charge in [-0.3, -0.25) is 4.79 Å². The molecule has 0 aliphatic carbocycles. The predicted molar refractivity (Wildman–Crippen MR) is 81.7 cm³/mol. The van der Waals surface area contributed by atoms with E-state index in [1.54, 1.807) is 13.0 Å². The van der Waals surface area contributed by atoms with Gasteiger partial charge in [0.25, 0.3) is 0 Å². The van der Waals surface area contributed by atoms with Gasteiger partial charge in [0.2, 0.25) is 15.9 Å². The second-order valence-electron chi connectivity index (χ2n) is 5.12. The van der Waals surface area contributed by atoms with E-state index in [4.69, 9.17) is 9.88 Å². The van der Waals surface area contributed by atoms with E-state index in [0.29, 0.717) is 24.6 Å². The minimum absolute atomic E-state index is 0.133. The summed E-state index contributed by atoms with van der Waals surface area (Å²) in [5.74, 6) is 0.449. The molecule has 0 saturated heterocycles. The normalized spacial score (nSPS) is 11.5. The lowest BCUT2D eigenvalue weighted by atomic mass is 10.1. The molecule has 0 atom stereocenters. The Hall–Kier alpha value is -1.60. The van der Waals surface area contributed by atoms with Crippen molar-refractivity contribution in [2.24, 2.45) is 11.1 Å². The molecule has 1 aromatic rings. The van der Waals surface area contributed by atoms with Gasteiger partial charge in [-0.25, -0.2) is 13.6 Å². The van der Waals surface area contributed by atoms with Gasteiger partial charge in [-0.05, 0) is 37.5 Å². The van der Waals surface area contributed by atoms with Crippen molar-refractivity contribution < 1.29 is 17.9 Å². The van der Waals surface area contributed by atoms with Gasteiger partial charge in [0.1, 0.15) is 10.6 Å². The van der Waals surface area contributed by atoms with Crippen LogP contribution in [0.3, 0.4) is 0 Å². The van der Waals surface area contributed by atoms with Crippen molar-refractivity contribution in [1.82, 2.24) is 0 Å². The lowest BCUT2D eigenvalue weighted by molar-refractivity contribution is -0.116. The molecule has 1 rings (SSSR count). The van der Waals surface area contributed by atoms with Gasteiger partial charge < -0.3 is 10.1 Å². The summed E-state index contributed by atoms with van der Waals surface area (Å²) in [6.45, 7) is 6.13. The topological polar surface area (TPSA) is 98.5 Å². The van der Waals surface area contributed by atoms with Gasteiger partial charge in [-0.1, -0.05) is 13.8 Å². The molecule has 7 heteroatoms. The maximum absolute atomic E-state index is 11.8. The van der Waals surface area contributed by atoms with Crippen molar-refractivity contribution in [3.05, 3.63) is 18.2 Å².